The molecule has 6 heteroatoms. The van der Waals surface area contributed by atoms with Crippen LogP contribution >= 0.6 is 15.9 Å². The van der Waals surface area contributed by atoms with Gasteiger partial charge in [-0.25, -0.2) is 0 Å². The van der Waals surface area contributed by atoms with E-state index >= 15 is 0 Å². The fourth-order valence-electron chi connectivity index (χ4n) is 3.08. The van der Waals surface area contributed by atoms with Gasteiger partial charge in [0.05, 0.1) is 5.69 Å². The molecule has 0 spiro atoms. The van der Waals surface area contributed by atoms with Crippen LogP contribution in [0.5, 0.6) is 0 Å². The van der Waals surface area contributed by atoms with Crippen LogP contribution < -0.4 is 5.43 Å². The first-order chi connectivity index (χ1) is 11.4. The van der Waals surface area contributed by atoms with Crippen LogP contribution in [0.3, 0.4) is 0 Å². The lowest BCUT2D eigenvalue weighted by atomic mass is 9.99. The van der Waals surface area contributed by atoms with E-state index in [4.69, 9.17) is 4.74 Å². The number of ketones is 1. The topological polar surface area (TPSA) is 55.6 Å². The Bertz CT molecular complexity index is 839. The van der Waals surface area contributed by atoms with Crippen molar-refractivity contribution in [3.8, 4) is 0 Å². The molecule has 0 aliphatic carbocycles. The van der Waals surface area contributed by atoms with Crippen molar-refractivity contribution < 1.29 is 9.53 Å². The molecule has 0 fully saturated rings. The maximum atomic E-state index is 13.0. The molecule has 2 heterocycles. The van der Waals surface area contributed by atoms with Gasteiger partial charge in [-0.05, 0) is 31.5 Å². The lowest BCUT2D eigenvalue weighted by Gasteiger charge is -2.14. The van der Waals surface area contributed by atoms with Crippen molar-refractivity contribution in [3.05, 3.63) is 56.8 Å². The number of hydrogen-bond acceptors (Lipinski definition) is 4. The van der Waals surface area contributed by atoms with Gasteiger partial charge in [-0.1, -0.05) is 35.0 Å². The van der Waals surface area contributed by atoms with Crippen LogP contribution in [0.25, 0.3) is 0 Å². The summed E-state index contributed by atoms with van der Waals surface area (Å²) in [6.07, 6.45) is 0.378. The smallest absolute Gasteiger partial charge is 0.227 e. The molecule has 1 aliphatic heterocycles. The van der Waals surface area contributed by atoms with Crippen molar-refractivity contribution in [1.29, 1.82) is 0 Å². The highest BCUT2D eigenvalue weighted by atomic mass is 79.9. The third-order valence-electron chi connectivity index (χ3n) is 4.41. The first kappa shape index (κ1) is 16.8. The van der Waals surface area contributed by atoms with Gasteiger partial charge in [-0.3, -0.25) is 10.2 Å². The molecule has 1 aliphatic rings. The minimum absolute atomic E-state index is 0.0165. The number of benzene rings is 1. The number of ether oxygens (including phenoxy) is 1. The highest BCUT2D eigenvalue weighted by molar-refractivity contribution is 9.10. The lowest BCUT2D eigenvalue weighted by molar-refractivity contribution is 0.103. The molecular weight excluding hydrogens is 370 g/mol. The van der Waals surface area contributed by atoms with Gasteiger partial charge in [0.1, 0.15) is 0 Å². The van der Waals surface area contributed by atoms with Crippen LogP contribution in [-0.2, 0) is 11.8 Å². The number of carbonyl (C=O) groups excluding carboxylic acids is 1. The summed E-state index contributed by atoms with van der Waals surface area (Å²) in [6, 6.07) is 7.46. The fraction of sp³-hybridized carbons (Fsp3) is 0.333. The standard InChI is InChI=1S/C18H20BrN3O2/c1-5-14-20-21-18(24-14)16-10(2)15(11(3)22(16)4)17(23)12-7-6-8-13(19)9-12/h6-9,18,21H,5H2,1-4H3. The molecule has 0 saturated heterocycles. The van der Waals surface area contributed by atoms with Crippen molar-refractivity contribution in [3.63, 3.8) is 0 Å². The maximum absolute atomic E-state index is 13.0. The number of halogens is 1. The molecular formula is C18H20BrN3O2. The van der Waals surface area contributed by atoms with E-state index in [1.54, 1.807) is 0 Å². The summed E-state index contributed by atoms with van der Waals surface area (Å²) in [4.78, 5) is 13.0. The molecule has 5 nitrogen and oxygen atoms in total. The van der Waals surface area contributed by atoms with Crippen LogP contribution in [0.15, 0.2) is 33.8 Å². The molecule has 1 unspecified atom stereocenters. The van der Waals surface area contributed by atoms with E-state index in [9.17, 15) is 4.79 Å². The van der Waals surface area contributed by atoms with E-state index in [0.29, 0.717) is 11.5 Å². The van der Waals surface area contributed by atoms with Gasteiger partial charge >= 0.3 is 0 Å². The molecule has 24 heavy (non-hydrogen) atoms. The van der Waals surface area contributed by atoms with Gasteiger partial charge in [-0.2, -0.15) is 0 Å². The Morgan fingerprint density at radius 1 is 1.42 bits per heavy atom. The van der Waals surface area contributed by atoms with Crippen LogP contribution in [0.4, 0.5) is 0 Å². The Hall–Kier alpha value is -2.08. The van der Waals surface area contributed by atoms with Crippen molar-refractivity contribution in [2.24, 2.45) is 12.1 Å². The largest absolute Gasteiger partial charge is 0.449 e. The molecule has 1 N–H and O–H groups in total. The van der Waals surface area contributed by atoms with Gasteiger partial charge in [-0.15, -0.1) is 5.10 Å². The molecule has 1 atom stereocenters. The van der Waals surface area contributed by atoms with Crippen LogP contribution in [-0.4, -0.2) is 16.2 Å². The summed E-state index contributed by atoms with van der Waals surface area (Å²) in [5.41, 5.74) is 7.17. The predicted octanol–water partition coefficient (Wildman–Crippen LogP) is 3.98. The van der Waals surface area contributed by atoms with E-state index in [2.05, 4.69) is 26.5 Å². The summed E-state index contributed by atoms with van der Waals surface area (Å²) < 4.78 is 8.73. The summed E-state index contributed by atoms with van der Waals surface area (Å²) in [7, 11) is 1.95. The molecule has 0 radical (unpaired) electrons. The van der Waals surface area contributed by atoms with Crippen molar-refractivity contribution >= 4 is 27.6 Å². The first-order valence-corrected chi connectivity index (χ1v) is 8.68. The summed E-state index contributed by atoms with van der Waals surface area (Å²) in [6.45, 7) is 5.91. The number of nitrogens with one attached hydrogen (secondary N) is 1. The highest BCUT2D eigenvalue weighted by Crippen LogP contribution is 2.31. The monoisotopic (exact) mass is 389 g/mol. The average Bonchev–Trinajstić information content (AvgIpc) is 3.11. The van der Waals surface area contributed by atoms with Gasteiger partial charge in [0.2, 0.25) is 12.1 Å². The van der Waals surface area contributed by atoms with E-state index in [1.807, 2.05) is 56.7 Å². The van der Waals surface area contributed by atoms with Gasteiger partial charge < -0.3 is 9.30 Å². The first-order valence-electron chi connectivity index (χ1n) is 7.88. The highest BCUT2D eigenvalue weighted by Gasteiger charge is 2.30. The van der Waals surface area contributed by atoms with Crippen LogP contribution in [0.2, 0.25) is 0 Å². The van der Waals surface area contributed by atoms with Crippen molar-refractivity contribution in [1.82, 2.24) is 9.99 Å². The van der Waals surface area contributed by atoms with E-state index in [-0.39, 0.29) is 12.0 Å². The number of carbonyl (C=O) groups is 1. The third kappa shape index (κ3) is 2.75. The van der Waals surface area contributed by atoms with Gasteiger partial charge in [0.25, 0.3) is 0 Å². The molecule has 0 amide bonds. The van der Waals surface area contributed by atoms with Crippen molar-refractivity contribution in [2.75, 3.05) is 0 Å². The Balaban J connectivity index is 2.02. The molecule has 1 aromatic carbocycles. The Morgan fingerprint density at radius 2 is 2.17 bits per heavy atom. The Morgan fingerprint density at radius 3 is 2.79 bits per heavy atom. The zero-order valence-corrected chi connectivity index (χ0v) is 15.8. The van der Waals surface area contributed by atoms with Crippen LogP contribution in [0, 0.1) is 13.8 Å². The molecule has 1 aromatic heterocycles. The summed E-state index contributed by atoms with van der Waals surface area (Å²) >= 11 is 3.43. The molecule has 0 bridgehead atoms. The van der Waals surface area contributed by atoms with Crippen LogP contribution in [0.1, 0.15) is 52.4 Å². The SMILES string of the molecule is CCC1=NNC(c2c(C)c(C(=O)c3cccc(Br)c3)c(C)n2C)O1. The minimum Gasteiger partial charge on any atom is -0.449 e. The molecule has 0 saturated carbocycles. The second kappa shape index (κ2) is 6.43. The normalized spacial score (nSPS) is 16.5. The Labute approximate surface area is 149 Å². The zero-order chi connectivity index (χ0) is 17.4. The van der Waals surface area contributed by atoms with Gasteiger partial charge in [0, 0.05) is 34.8 Å². The van der Waals surface area contributed by atoms with E-state index < -0.39 is 0 Å². The summed E-state index contributed by atoms with van der Waals surface area (Å²) in [5.74, 6) is 0.695. The second-order valence-electron chi connectivity index (χ2n) is 5.86. The quantitative estimate of drug-likeness (QED) is 0.804. The maximum Gasteiger partial charge on any atom is 0.227 e. The van der Waals surface area contributed by atoms with E-state index in [1.165, 1.54) is 0 Å². The third-order valence-corrected chi connectivity index (χ3v) is 4.90. The number of rotatable bonds is 4. The molecule has 2 aromatic rings. The second-order valence-corrected chi connectivity index (χ2v) is 6.77. The number of aromatic nitrogens is 1. The molecule has 126 valence electrons. The average molecular weight is 390 g/mol. The summed E-state index contributed by atoms with van der Waals surface area (Å²) in [5, 5.41) is 4.19. The molecule has 3 rings (SSSR count). The predicted molar refractivity (Wildman–Crippen MR) is 97.1 cm³/mol. The number of nitrogens with zero attached hydrogens (tertiary/aromatic N) is 2. The van der Waals surface area contributed by atoms with Crippen molar-refractivity contribution in [2.45, 2.75) is 33.4 Å². The minimum atomic E-state index is -0.354. The zero-order valence-electron chi connectivity index (χ0n) is 14.2. The van der Waals surface area contributed by atoms with Gasteiger partial charge in [0.15, 0.2) is 5.78 Å². The Kier molecular flexibility index (Phi) is 4.49. The number of hydrazone groups is 1. The fourth-order valence-corrected chi connectivity index (χ4v) is 3.48. The lowest BCUT2D eigenvalue weighted by Crippen LogP contribution is -2.17. The number of hydrogen-bond donors (Lipinski definition) is 1. The van der Waals surface area contributed by atoms with E-state index in [0.717, 1.165) is 33.4 Å².